The van der Waals surface area contributed by atoms with Crippen molar-refractivity contribution in [1.82, 2.24) is 4.98 Å². The smallest absolute Gasteiger partial charge is 0.170 e. The molecule has 3 N–H and O–H groups in total. The molecule has 0 bridgehead atoms. The van der Waals surface area contributed by atoms with Gasteiger partial charge in [0.1, 0.15) is 5.75 Å². The molecule has 2 aromatic rings. The minimum atomic E-state index is 0.0691. The molecule has 1 heterocycles. The lowest BCUT2D eigenvalue weighted by Crippen LogP contribution is -2.13. The summed E-state index contributed by atoms with van der Waals surface area (Å²) in [7, 11) is 0. The van der Waals surface area contributed by atoms with Crippen LogP contribution in [0, 0.1) is 0 Å². The van der Waals surface area contributed by atoms with Gasteiger partial charge in [-0.1, -0.05) is 17.3 Å². The molecule has 0 radical (unpaired) electrons. The van der Waals surface area contributed by atoms with Crippen LogP contribution >= 0.6 is 0 Å². The zero-order chi connectivity index (χ0) is 13.5. The van der Waals surface area contributed by atoms with Crippen LogP contribution in [0.15, 0.2) is 53.9 Å². The standard InChI is InChI=1S/C14H15N3O2/c15-14(17-18)12-2-1-3-13(10-12)19-9-6-11-4-7-16-8-5-11/h1-5,7-8,10,18H,6,9H2,(H2,15,17). The predicted octanol–water partition coefficient (Wildman–Crippen LogP) is 1.80. The van der Waals surface area contributed by atoms with E-state index >= 15 is 0 Å². The van der Waals surface area contributed by atoms with Crippen molar-refractivity contribution in [1.29, 1.82) is 0 Å². The van der Waals surface area contributed by atoms with Crippen LogP contribution in [0.25, 0.3) is 0 Å². The van der Waals surface area contributed by atoms with Crippen LogP contribution < -0.4 is 10.5 Å². The van der Waals surface area contributed by atoms with Gasteiger partial charge in [0, 0.05) is 24.4 Å². The van der Waals surface area contributed by atoms with Crippen LogP contribution in [0.4, 0.5) is 0 Å². The molecule has 1 aromatic heterocycles. The third-order valence-corrected chi connectivity index (χ3v) is 2.65. The highest BCUT2D eigenvalue weighted by Crippen LogP contribution is 2.13. The molecule has 5 heteroatoms. The summed E-state index contributed by atoms with van der Waals surface area (Å²) < 4.78 is 5.63. The van der Waals surface area contributed by atoms with E-state index in [1.807, 2.05) is 18.2 Å². The van der Waals surface area contributed by atoms with Crippen molar-refractivity contribution in [2.24, 2.45) is 10.9 Å². The molecule has 0 unspecified atom stereocenters. The first-order chi connectivity index (χ1) is 9.29. The quantitative estimate of drug-likeness (QED) is 0.370. The Bertz CT molecular complexity index is 556. The number of hydrogen-bond donors (Lipinski definition) is 2. The summed E-state index contributed by atoms with van der Waals surface area (Å²) in [4.78, 5) is 3.96. The van der Waals surface area contributed by atoms with Crippen LogP contribution in [0.5, 0.6) is 5.75 Å². The lowest BCUT2D eigenvalue weighted by atomic mass is 10.2. The highest BCUT2D eigenvalue weighted by atomic mass is 16.5. The molecule has 0 amide bonds. The summed E-state index contributed by atoms with van der Waals surface area (Å²) in [5.74, 6) is 0.762. The van der Waals surface area contributed by atoms with E-state index in [1.165, 1.54) is 5.56 Å². The first kappa shape index (κ1) is 12.9. The van der Waals surface area contributed by atoms with Gasteiger partial charge in [-0.15, -0.1) is 0 Å². The molecule has 1 aromatic carbocycles. The van der Waals surface area contributed by atoms with Gasteiger partial charge in [0.05, 0.1) is 6.61 Å². The SMILES string of the molecule is N/C(=N\O)c1cccc(OCCc2ccncc2)c1. The molecule has 0 aliphatic carbocycles. The monoisotopic (exact) mass is 257 g/mol. The number of rotatable bonds is 5. The number of amidine groups is 1. The predicted molar refractivity (Wildman–Crippen MR) is 72.4 cm³/mol. The Morgan fingerprint density at radius 2 is 2.05 bits per heavy atom. The number of ether oxygens (including phenoxy) is 1. The fourth-order valence-corrected chi connectivity index (χ4v) is 1.64. The van der Waals surface area contributed by atoms with E-state index in [0.29, 0.717) is 17.9 Å². The van der Waals surface area contributed by atoms with Crippen LogP contribution in [0.2, 0.25) is 0 Å². The Balaban J connectivity index is 1.93. The lowest BCUT2D eigenvalue weighted by molar-refractivity contribution is 0.318. The second-order valence-corrected chi connectivity index (χ2v) is 3.97. The number of benzene rings is 1. The number of nitrogens with zero attached hydrogens (tertiary/aromatic N) is 2. The summed E-state index contributed by atoms with van der Waals surface area (Å²) in [5, 5.41) is 11.6. The summed E-state index contributed by atoms with van der Waals surface area (Å²) >= 11 is 0. The third kappa shape index (κ3) is 3.70. The van der Waals surface area contributed by atoms with Gasteiger partial charge in [0.2, 0.25) is 0 Å². The fraction of sp³-hybridized carbons (Fsp3) is 0.143. The molecule has 0 saturated carbocycles. The Morgan fingerprint density at radius 1 is 1.26 bits per heavy atom. The zero-order valence-electron chi connectivity index (χ0n) is 10.4. The first-order valence-corrected chi connectivity index (χ1v) is 5.89. The van der Waals surface area contributed by atoms with Crippen LogP contribution in [-0.4, -0.2) is 22.6 Å². The van der Waals surface area contributed by atoms with Crippen molar-refractivity contribution in [3.05, 3.63) is 59.9 Å². The highest BCUT2D eigenvalue weighted by Gasteiger charge is 2.01. The average Bonchev–Trinajstić information content (AvgIpc) is 2.48. The molecule has 2 rings (SSSR count). The van der Waals surface area contributed by atoms with Crippen molar-refractivity contribution < 1.29 is 9.94 Å². The second-order valence-electron chi connectivity index (χ2n) is 3.97. The topological polar surface area (TPSA) is 80.7 Å². The molecule has 98 valence electrons. The minimum Gasteiger partial charge on any atom is -0.493 e. The van der Waals surface area contributed by atoms with Crippen molar-refractivity contribution in [2.75, 3.05) is 6.61 Å². The Labute approximate surface area is 111 Å². The van der Waals surface area contributed by atoms with Gasteiger partial charge in [-0.05, 0) is 29.8 Å². The maximum Gasteiger partial charge on any atom is 0.170 e. The molecule has 0 aliphatic rings. The molecule has 0 atom stereocenters. The van der Waals surface area contributed by atoms with E-state index in [1.54, 1.807) is 30.6 Å². The number of aromatic nitrogens is 1. The summed E-state index contributed by atoms with van der Waals surface area (Å²) in [6.07, 6.45) is 4.32. The van der Waals surface area contributed by atoms with E-state index in [-0.39, 0.29) is 5.84 Å². The van der Waals surface area contributed by atoms with Gasteiger partial charge in [0.25, 0.3) is 0 Å². The molecule has 19 heavy (non-hydrogen) atoms. The van der Waals surface area contributed by atoms with Gasteiger partial charge < -0.3 is 15.7 Å². The number of nitrogens with two attached hydrogens (primary N) is 1. The van der Waals surface area contributed by atoms with Crippen LogP contribution in [0.1, 0.15) is 11.1 Å². The largest absolute Gasteiger partial charge is 0.493 e. The molecule has 0 fully saturated rings. The summed E-state index contributed by atoms with van der Waals surface area (Å²) in [6.45, 7) is 0.559. The first-order valence-electron chi connectivity index (χ1n) is 5.89. The van der Waals surface area contributed by atoms with E-state index < -0.39 is 0 Å². The Hall–Kier alpha value is -2.56. The number of hydrogen-bond acceptors (Lipinski definition) is 4. The molecule has 0 aliphatic heterocycles. The van der Waals surface area contributed by atoms with E-state index in [2.05, 4.69) is 10.1 Å². The Kier molecular flexibility index (Phi) is 4.34. The highest BCUT2D eigenvalue weighted by molar-refractivity contribution is 5.97. The number of pyridine rings is 1. The summed E-state index contributed by atoms with van der Waals surface area (Å²) in [5.41, 5.74) is 7.32. The van der Waals surface area contributed by atoms with E-state index in [9.17, 15) is 0 Å². The van der Waals surface area contributed by atoms with Crippen LogP contribution in [-0.2, 0) is 6.42 Å². The molecule has 5 nitrogen and oxygen atoms in total. The maximum absolute atomic E-state index is 8.62. The van der Waals surface area contributed by atoms with Crippen molar-refractivity contribution in [2.45, 2.75) is 6.42 Å². The normalized spacial score (nSPS) is 11.3. The van der Waals surface area contributed by atoms with Crippen molar-refractivity contribution in [3.8, 4) is 5.75 Å². The molecular weight excluding hydrogens is 242 g/mol. The van der Waals surface area contributed by atoms with E-state index in [0.717, 1.165) is 6.42 Å². The van der Waals surface area contributed by atoms with Gasteiger partial charge in [-0.3, -0.25) is 4.98 Å². The third-order valence-electron chi connectivity index (χ3n) is 2.65. The fourth-order valence-electron chi connectivity index (χ4n) is 1.64. The van der Waals surface area contributed by atoms with Crippen molar-refractivity contribution >= 4 is 5.84 Å². The van der Waals surface area contributed by atoms with Crippen molar-refractivity contribution in [3.63, 3.8) is 0 Å². The lowest BCUT2D eigenvalue weighted by Gasteiger charge is -2.07. The summed E-state index contributed by atoms with van der Waals surface area (Å²) in [6, 6.07) is 11.0. The van der Waals surface area contributed by atoms with Gasteiger partial charge in [-0.2, -0.15) is 0 Å². The number of oxime groups is 1. The average molecular weight is 257 g/mol. The minimum absolute atomic E-state index is 0.0691. The molecular formula is C14H15N3O2. The van der Waals surface area contributed by atoms with Gasteiger partial charge >= 0.3 is 0 Å². The van der Waals surface area contributed by atoms with Gasteiger partial charge in [-0.25, -0.2) is 0 Å². The van der Waals surface area contributed by atoms with Gasteiger partial charge in [0.15, 0.2) is 5.84 Å². The second kappa shape index (κ2) is 6.39. The molecule has 0 saturated heterocycles. The maximum atomic E-state index is 8.62. The molecule has 0 spiro atoms. The van der Waals surface area contributed by atoms with Crippen LogP contribution in [0.3, 0.4) is 0 Å². The Morgan fingerprint density at radius 3 is 2.79 bits per heavy atom. The van der Waals surface area contributed by atoms with E-state index in [4.69, 9.17) is 15.7 Å². The zero-order valence-corrected chi connectivity index (χ0v) is 10.4.